The van der Waals surface area contributed by atoms with E-state index in [0.717, 1.165) is 6.08 Å². The van der Waals surface area contributed by atoms with E-state index in [0.29, 0.717) is 0 Å². The first kappa shape index (κ1) is 19.1. The molecule has 0 amide bonds. The number of hydrogen-bond acceptors (Lipinski definition) is 6. The second-order valence-electron chi connectivity index (χ2n) is 4.68. The van der Waals surface area contributed by atoms with Crippen molar-refractivity contribution in [3.05, 3.63) is 43.0 Å². The average molecular weight is 342 g/mol. The quantitative estimate of drug-likeness (QED) is 0.384. The molecule has 126 valence electrons. The minimum Gasteiger partial charge on any atom is -0.463 e. The summed E-state index contributed by atoms with van der Waals surface area (Å²) >= 11 is 0. The van der Waals surface area contributed by atoms with Crippen LogP contribution in [-0.2, 0) is 23.6 Å². The van der Waals surface area contributed by atoms with Gasteiger partial charge in [0.2, 0.25) is 7.37 Å². The maximum Gasteiger partial charge on any atom is 0.330 e. The third-order valence-electron chi connectivity index (χ3n) is 2.80. The molecule has 0 aliphatic carbocycles. The van der Waals surface area contributed by atoms with Gasteiger partial charge in [0.1, 0.15) is 19.3 Å². The van der Waals surface area contributed by atoms with Crippen LogP contribution < -0.4 is 5.30 Å². The van der Waals surface area contributed by atoms with Gasteiger partial charge in [-0.3, -0.25) is 9.36 Å². The van der Waals surface area contributed by atoms with Crippen LogP contribution in [0, 0.1) is 0 Å². The van der Waals surface area contributed by atoms with Crippen molar-refractivity contribution in [3.8, 4) is 0 Å². The van der Waals surface area contributed by atoms with Crippen molar-refractivity contribution < 1.29 is 33.6 Å². The standard InChI is InChI=1S/C15H19O7P/c1-2-14(17)21-10-12(16)11-22-15(18)8-9-23(19,20)13-6-4-3-5-7-13/h2-7,12,16H,1,8-11H2,(H,19,20). The lowest BCUT2D eigenvalue weighted by molar-refractivity contribution is -0.149. The van der Waals surface area contributed by atoms with E-state index >= 15 is 0 Å². The van der Waals surface area contributed by atoms with Gasteiger partial charge in [0.25, 0.3) is 0 Å². The van der Waals surface area contributed by atoms with Crippen LogP contribution in [0.15, 0.2) is 43.0 Å². The number of ether oxygens (including phenoxy) is 2. The molecule has 7 nitrogen and oxygen atoms in total. The van der Waals surface area contributed by atoms with E-state index in [-0.39, 0.29) is 31.1 Å². The fraction of sp³-hybridized carbons (Fsp3) is 0.333. The molecular weight excluding hydrogens is 323 g/mol. The summed E-state index contributed by atoms with van der Waals surface area (Å²) in [5.74, 6) is -1.41. The lowest BCUT2D eigenvalue weighted by Crippen LogP contribution is -2.25. The van der Waals surface area contributed by atoms with Gasteiger partial charge in [-0.05, 0) is 12.1 Å². The topological polar surface area (TPSA) is 110 Å². The summed E-state index contributed by atoms with van der Waals surface area (Å²) in [5.41, 5.74) is 0. The highest BCUT2D eigenvalue weighted by Gasteiger charge is 2.23. The summed E-state index contributed by atoms with van der Waals surface area (Å²) in [7, 11) is -3.62. The highest BCUT2D eigenvalue weighted by atomic mass is 31.2. The molecule has 23 heavy (non-hydrogen) atoms. The van der Waals surface area contributed by atoms with Gasteiger partial charge in [-0.2, -0.15) is 0 Å². The van der Waals surface area contributed by atoms with E-state index < -0.39 is 25.4 Å². The van der Waals surface area contributed by atoms with Crippen LogP contribution in [0.5, 0.6) is 0 Å². The van der Waals surface area contributed by atoms with Crippen LogP contribution in [0.25, 0.3) is 0 Å². The zero-order valence-electron chi connectivity index (χ0n) is 12.5. The van der Waals surface area contributed by atoms with E-state index in [1.807, 2.05) is 0 Å². The van der Waals surface area contributed by atoms with Crippen molar-refractivity contribution in [1.82, 2.24) is 0 Å². The Morgan fingerprint density at radius 2 is 1.83 bits per heavy atom. The lowest BCUT2D eigenvalue weighted by Gasteiger charge is -2.13. The van der Waals surface area contributed by atoms with Gasteiger partial charge in [0.15, 0.2) is 0 Å². The van der Waals surface area contributed by atoms with Crippen LogP contribution in [0.1, 0.15) is 6.42 Å². The van der Waals surface area contributed by atoms with E-state index in [4.69, 9.17) is 4.74 Å². The fourth-order valence-corrected chi connectivity index (χ4v) is 2.96. The summed E-state index contributed by atoms with van der Waals surface area (Å²) in [6, 6.07) is 8.03. The summed E-state index contributed by atoms with van der Waals surface area (Å²) in [5, 5.41) is 9.72. The van der Waals surface area contributed by atoms with Gasteiger partial charge < -0.3 is 19.5 Å². The molecule has 0 radical (unpaired) electrons. The highest BCUT2D eigenvalue weighted by Crippen LogP contribution is 2.39. The van der Waals surface area contributed by atoms with E-state index in [2.05, 4.69) is 11.3 Å². The molecule has 1 rings (SSSR count). The van der Waals surface area contributed by atoms with Crippen molar-refractivity contribution in [1.29, 1.82) is 0 Å². The number of aliphatic hydroxyl groups is 1. The monoisotopic (exact) mass is 342 g/mol. The smallest absolute Gasteiger partial charge is 0.330 e. The highest BCUT2D eigenvalue weighted by molar-refractivity contribution is 7.66. The zero-order valence-corrected chi connectivity index (χ0v) is 13.4. The largest absolute Gasteiger partial charge is 0.463 e. The molecule has 8 heteroatoms. The van der Waals surface area contributed by atoms with Gasteiger partial charge in [-0.15, -0.1) is 0 Å². The summed E-state index contributed by atoms with van der Waals surface area (Å²) < 4.78 is 21.4. The van der Waals surface area contributed by atoms with Gasteiger partial charge in [-0.25, -0.2) is 4.79 Å². The molecule has 0 aliphatic heterocycles. The Kier molecular flexibility index (Phi) is 7.68. The Morgan fingerprint density at radius 1 is 1.22 bits per heavy atom. The zero-order chi connectivity index (χ0) is 17.3. The second kappa shape index (κ2) is 9.25. The first-order chi connectivity index (χ1) is 10.8. The number of carbonyl (C=O) groups is 2. The minimum absolute atomic E-state index is 0.253. The molecule has 2 N–H and O–H groups in total. The predicted molar refractivity (Wildman–Crippen MR) is 83.5 cm³/mol. The number of esters is 2. The average Bonchev–Trinajstić information content (AvgIpc) is 2.56. The molecule has 1 aromatic rings. The van der Waals surface area contributed by atoms with Gasteiger partial charge >= 0.3 is 11.9 Å². The molecule has 0 saturated carbocycles. The first-order valence-corrected chi connectivity index (χ1v) is 8.70. The minimum atomic E-state index is -3.62. The predicted octanol–water partition coefficient (Wildman–Crippen LogP) is 0.606. The van der Waals surface area contributed by atoms with Crippen molar-refractivity contribution in [2.45, 2.75) is 12.5 Å². The number of rotatable bonds is 9. The third kappa shape index (κ3) is 7.23. The summed E-state index contributed by atoms with van der Waals surface area (Å²) in [6.07, 6.45) is -0.738. The van der Waals surface area contributed by atoms with Crippen molar-refractivity contribution in [2.75, 3.05) is 19.4 Å². The molecule has 0 saturated heterocycles. The maximum absolute atomic E-state index is 12.1. The molecule has 2 atom stereocenters. The van der Waals surface area contributed by atoms with Crippen LogP contribution >= 0.6 is 7.37 Å². The molecule has 0 aliphatic rings. The molecule has 2 unspecified atom stereocenters. The number of carbonyl (C=O) groups excluding carboxylic acids is 2. The fourth-order valence-electron chi connectivity index (χ4n) is 1.58. The third-order valence-corrected chi connectivity index (χ3v) is 4.73. The van der Waals surface area contributed by atoms with E-state index in [1.165, 1.54) is 12.1 Å². The van der Waals surface area contributed by atoms with Gasteiger partial charge in [0, 0.05) is 17.5 Å². The van der Waals surface area contributed by atoms with Crippen LogP contribution in [-0.4, -0.2) is 47.4 Å². The maximum atomic E-state index is 12.1. The number of benzene rings is 1. The first-order valence-electron chi connectivity index (χ1n) is 6.85. The van der Waals surface area contributed by atoms with Crippen molar-refractivity contribution >= 4 is 24.6 Å². The normalized spacial score (nSPS) is 14.3. The Balaban J connectivity index is 2.33. The molecule has 0 bridgehead atoms. The number of hydrogen-bond donors (Lipinski definition) is 2. The molecule has 1 aromatic carbocycles. The van der Waals surface area contributed by atoms with E-state index in [9.17, 15) is 24.2 Å². The van der Waals surface area contributed by atoms with Crippen LogP contribution in [0.2, 0.25) is 0 Å². The Hall–Kier alpha value is -1.95. The summed E-state index contributed by atoms with van der Waals surface area (Å²) in [6.45, 7) is 2.49. The Morgan fingerprint density at radius 3 is 2.43 bits per heavy atom. The van der Waals surface area contributed by atoms with Gasteiger partial charge in [-0.1, -0.05) is 24.8 Å². The van der Waals surface area contributed by atoms with Crippen molar-refractivity contribution in [3.63, 3.8) is 0 Å². The molecular formula is C15H19O7P. The molecule has 0 fully saturated rings. The SMILES string of the molecule is C=CC(=O)OCC(O)COC(=O)CCP(=O)(O)c1ccccc1. The molecule has 0 heterocycles. The molecule has 0 spiro atoms. The van der Waals surface area contributed by atoms with E-state index in [1.54, 1.807) is 18.2 Å². The van der Waals surface area contributed by atoms with Crippen molar-refractivity contribution in [2.24, 2.45) is 0 Å². The lowest BCUT2D eigenvalue weighted by atomic mass is 10.4. The Bertz CT molecular complexity index is 585. The van der Waals surface area contributed by atoms with Crippen LogP contribution in [0.4, 0.5) is 0 Å². The molecule has 0 aromatic heterocycles. The Labute approximate surface area is 134 Å². The van der Waals surface area contributed by atoms with Gasteiger partial charge in [0.05, 0.1) is 6.42 Å². The number of aliphatic hydroxyl groups excluding tert-OH is 1. The summed E-state index contributed by atoms with van der Waals surface area (Å²) in [4.78, 5) is 32.2. The van der Waals surface area contributed by atoms with Crippen LogP contribution in [0.3, 0.4) is 0 Å². The second-order valence-corrected chi connectivity index (χ2v) is 7.05.